The minimum absolute atomic E-state index is 0.562. The van der Waals surface area contributed by atoms with Crippen molar-refractivity contribution in [3.05, 3.63) is 23.9 Å². The highest BCUT2D eigenvalue weighted by atomic mass is 32.1. The fourth-order valence-electron chi connectivity index (χ4n) is 1.78. The van der Waals surface area contributed by atoms with Crippen LogP contribution in [0.25, 0.3) is 0 Å². The molecule has 0 spiro atoms. The first-order chi connectivity index (χ1) is 8.00. The predicted octanol–water partition coefficient (Wildman–Crippen LogP) is 2.53. The third-order valence-electron chi connectivity index (χ3n) is 2.50. The number of anilines is 1. The van der Waals surface area contributed by atoms with Gasteiger partial charge in [-0.3, -0.25) is 0 Å². The van der Waals surface area contributed by atoms with E-state index >= 15 is 0 Å². The maximum absolute atomic E-state index is 5.57. The summed E-state index contributed by atoms with van der Waals surface area (Å²) in [4.78, 5) is 7.28. The molecule has 0 radical (unpaired) electrons. The van der Waals surface area contributed by atoms with E-state index < -0.39 is 0 Å². The maximum atomic E-state index is 5.57. The lowest BCUT2D eigenvalue weighted by Crippen LogP contribution is -2.32. The number of aromatic nitrogens is 1. The van der Waals surface area contributed by atoms with Gasteiger partial charge < -0.3 is 10.6 Å². The third kappa shape index (κ3) is 4.69. The summed E-state index contributed by atoms with van der Waals surface area (Å²) in [7, 11) is 0. The van der Waals surface area contributed by atoms with Crippen molar-refractivity contribution in [1.29, 1.82) is 0 Å². The lowest BCUT2D eigenvalue weighted by molar-refractivity contribution is 0.608. The Kier molecular flexibility index (Phi) is 5.35. The molecule has 0 amide bonds. The number of rotatable bonds is 6. The fraction of sp³-hybridized carbons (Fsp3) is 0.538. The largest absolute Gasteiger partial charge is 0.393 e. The number of aryl methyl sites for hydroxylation is 1. The van der Waals surface area contributed by atoms with Crippen LogP contribution in [0.5, 0.6) is 0 Å². The normalized spacial score (nSPS) is 10.6. The van der Waals surface area contributed by atoms with Gasteiger partial charge in [0.1, 0.15) is 5.82 Å². The first-order valence-corrected chi connectivity index (χ1v) is 6.36. The van der Waals surface area contributed by atoms with Crippen LogP contribution < -0.4 is 10.6 Å². The zero-order valence-corrected chi connectivity index (χ0v) is 11.6. The summed E-state index contributed by atoms with van der Waals surface area (Å²) in [5.74, 6) is 1.63. The second-order valence-corrected chi connectivity index (χ2v) is 5.22. The molecule has 0 aliphatic carbocycles. The van der Waals surface area contributed by atoms with Crippen molar-refractivity contribution in [3.63, 3.8) is 0 Å². The molecule has 0 fully saturated rings. The Morgan fingerprint density at radius 2 is 2.24 bits per heavy atom. The SMILES string of the molecule is Cc1cccnc1N(CCC(N)=S)CC(C)C. The van der Waals surface area contributed by atoms with Gasteiger partial charge in [-0.2, -0.15) is 0 Å². The van der Waals surface area contributed by atoms with Crippen molar-refractivity contribution >= 4 is 23.0 Å². The van der Waals surface area contributed by atoms with Crippen molar-refractivity contribution in [1.82, 2.24) is 4.98 Å². The number of nitrogens with zero attached hydrogens (tertiary/aromatic N) is 2. The molecule has 94 valence electrons. The van der Waals surface area contributed by atoms with E-state index in [1.807, 2.05) is 12.3 Å². The van der Waals surface area contributed by atoms with Gasteiger partial charge in [0.2, 0.25) is 0 Å². The standard InChI is InChI=1S/C13H21N3S/c1-10(2)9-16(8-6-12(14)17)13-11(3)5-4-7-15-13/h4-5,7,10H,6,8-9H2,1-3H3,(H2,14,17). The molecule has 3 nitrogen and oxygen atoms in total. The van der Waals surface area contributed by atoms with E-state index in [1.165, 1.54) is 5.56 Å². The first-order valence-electron chi connectivity index (χ1n) is 5.95. The quantitative estimate of drug-likeness (QED) is 0.789. The Labute approximate surface area is 109 Å². The van der Waals surface area contributed by atoms with Gasteiger partial charge >= 0.3 is 0 Å². The topological polar surface area (TPSA) is 42.2 Å². The van der Waals surface area contributed by atoms with Crippen molar-refractivity contribution < 1.29 is 0 Å². The van der Waals surface area contributed by atoms with Crippen molar-refractivity contribution in [2.75, 3.05) is 18.0 Å². The number of thiocarbonyl (C=S) groups is 1. The van der Waals surface area contributed by atoms with Crippen LogP contribution in [-0.2, 0) is 0 Å². The van der Waals surface area contributed by atoms with E-state index in [2.05, 4.69) is 36.7 Å². The Morgan fingerprint density at radius 3 is 2.76 bits per heavy atom. The molecule has 17 heavy (non-hydrogen) atoms. The molecule has 0 aliphatic rings. The molecule has 1 rings (SSSR count). The summed E-state index contributed by atoms with van der Waals surface area (Å²) in [6, 6.07) is 4.04. The summed E-state index contributed by atoms with van der Waals surface area (Å²) in [5, 5.41) is 0. The molecular formula is C13H21N3S. The zero-order chi connectivity index (χ0) is 12.8. The average Bonchev–Trinajstić information content (AvgIpc) is 2.24. The number of nitrogens with two attached hydrogens (primary N) is 1. The van der Waals surface area contributed by atoms with Crippen LogP contribution in [0, 0.1) is 12.8 Å². The Balaban J connectivity index is 2.82. The second-order valence-electron chi connectivity index (χ2n) is 4.70. The van der Waals surface area contributed by atoms with Gasteiger partial charge in [-0.05, 0) is 24.5 Å². The van der Waals surface area contributed by atoms with Gasteiger partial charge in [0.15, 0.2) is 0 Å². The molecule has 1 heterocycles. The van der Waals surface area contributed by atoms with Gasteiger partial charge in [-0.1, -0.05) is 32.1 Å². The number of pyridine rings is 1. The molecule has 0 bridgehead atoms. The summed E-state index contributed by atoms with van der Waals surface area (Å²) < 4.78 is 0. The summed E-state index contributed by atoms with van der Waals surface area (Å²) in [5.41, 5.74) is 6.76. The van der Waals surface area contributed by atoms with Crippen LogP contribution >= 0.6 is 12.2 Å². The first kappa shape index (κ1) is 13.9. The minimum Gasteiger partial charge on any atom is -0.393 e. The monoisotopic (exact) mass is 251 g/mol. The van der Waals surface area contributed by atoms with Crippen LogP contribution in [0.15, 0.2) is 18.3 Å². The Hall–Kier alpha value is -1.16. The molecule has 0 aromatic carbocycles. The highest BCUT2D eigenvalue weighted by molar-refractivity contribution is 7.80. The van der Waals surface area contributed by atoms with Crippen molar-refractivity contribution in [3.8, 4) is 0 Å². The minimum atomic E-state index is 0.562. The Morgan fingerprint density at radius 1 is 1.53 bits per heavy atom. The lowest BCUT2D eigenvalue weighted by Gasteiger charge is -2.26. The van der Waals surface area contributed by atoms with E-state index in [9.17, 15) is 0 Å². The van der Waals surface area contributed by atoms with Gasteiger partial charge in [0, 0.05) is 25.7 Å². The van der Waals surface area contributed by atoms with Crippen LogP contribution in [0.4, 0.5) is 5.82 Å². The van der Waals surface area contributed by atoms with Crippen LogP contribution in [0.3, 0.4) is 0 Å². The van der Waals surface area contributed by atoms with Crippen molar-refractivity contribution in [2.24, 2.45) is 11.7 Å². The molecule has 4 heteroatoms. The van der Waals surface area contributed by atoms with Crippen LogP contribution in [-0.4, -0.2) is 23.1 Å². The number of hydrogen-bond acceptors (Lipinski definition) is 3. The molecule has 0 unspecified atom stereocenters. The fourth-order valence-corrected chi connectivity index (χ4v) is 1.87. The van der Waals surface area contributed by atoms with Gasteiger partial charge in [-0.15, -0.1) is 0 Å². The Bertz CT molecular complexity index is 377. The number of hydrogen-bond donors (Lipinski definition) is 1. The average molecular weight is 251 g/mol. The van der Waals surface area contributed by atoms with Gasteiger partial charge in [-0.25, -0.2) is 4.98 Å². The molecule has 1 aromatic heterocycles. The molecular weight excluding hydrogens is 230 g/mol. The summed E-state index contributed by atoms with van der Waals surface area (Å²) >= 11 is 4.94. The maximum Gasteiger partial charge on any atom is 0.131 e. The second kappa shape index (κ2) is 6.55. The smallest absolute Gasteiger partial charge is 0.131 e. The van der Waals surface area contributed by atoms with E-state index in [0.29, 0.717) is 10.9 Å². The van der Waals surface area contributed by atoms with Gasteiger partial charge in [0.05, 0.1) is 4.99 Å². The molecule has 0 atom stereocenters. The van der Waals surface area contributed by atoms with Crippen LogP contribution in [0.2, 0.25) is 0 Å². The highest BCUT2D eigenvalue weighted by Gasteiger charge is 2.12. The zero-order valence-electron chi connectivity index (χ0n) is 10.8. The lowest BCUT2D eigenvalue weighted by atomic mass is 10.2. The predicted molar refractivity (Wildman–Crippen MR) is 77.4 cm³/mol. The summed E-state index contributed by atoms with van der Waals surface area (Å²) in [6.45, 7) is 8.29. The van der Waals surface area contributed by atoms with E-state index in [4.69, 9.17) is 18.0 Å². The molecule has 1 aromatic rings. The van der Waals surface area contributed by atoms with Crippen molar-refractivity contribution in [2.45, 2.75) is 27.2 Å². The molecule has 0 saturated heterocycles. The molecule has 0 saturated carbocycles. The summed E-state index contributed by atoms with van der Waals surface area (Å²) in [6.07, 6.45) is 2.56. The molecule has 0 aliphatic heterocycles. The van der Waals surface area contributed by atoms with E-state index in [-0.39, 0.29) is 0 Å². The van der Waals surface area contributed by atoms with Crippen LogP contribution in [0.1, 0.15) is 25.8 Å². The third-order valence-corrected chi connectivity index (χ3v) is 2.70. The van der Waals surface area contributed by atoms with Gasteiger partial charge in [0.25, 0.3) is 0 Å². The highest BCUT2D eigenvalue weighted by Crippen LogP contribution is 2.17. The van der Waals surface area contributed by atoms with E-state index in [1.54, 1.807) is 0 Å². The van der Waals surface area contributed by atoms with E-state index in [0.717, 1.165) is 25.3 Å². The molecule has 2 N–H and O–H groups in total.